The maximum absolute atomic E-state index is 13.7. The molecular weight excluding hydrogens is 609 g/mol. The fourth-order valence-electron chi connectivity index (χ4n) is 5.73. The number of carbonyl (C=O) groups is 2. The van der Waals surface area contributed by atoms with Crippen LogP contribution in [-0.4, -0.2) is 78.2 Å². The molecule has 2 aromatic heterocycles. The number of hydrogen-bond acceptors (Lipinski definition) is 10. The van der Waals surface area contributed by atoms with Crippen molar-refractivity contribution in [2.75, 3.05) is 55.1 Å². The molecule has 2 N–H and O–H groups in total. The van der Waals surface area contributed by atoms with E-state index >= 15 is 0 Å². The molecule has 0 unspecified atom stereocenters. The summed E-state index contributed by atoms with van der Waals surface area (Å²) in [6, 6.07) is 5.48. The average Bonchev–Trinajstić information content (AvgIpc) is 3.04. The minimum atomic E-state index is -4.73. The van der Waals surface area contributed by atoms with Crippen molar-refractivity contribution in [3.8, 4) is 5.88 Å². The van der Waals surface area contributed by atoms with Crippen LogP contribution in [0.15, 0.2) is 36.5 Å². The molecule has 1 fully saturated rings. The molecule has 0 saturated carbocycles. The fourth-order valence-corrected chi connectivity index (χ4v) is 5.73. The van der Waals surface area contributed by atoms with Crippen molar-refractivity contribution >= 4 is 29.4 Å². The van der Waals surface area contributed by atoms with E-state index in [-0.39, 0.29) is 30.6 Å². The van der Waals surface area contributed by atoms with Gasteiger partial charge in [0.1, 0.15) is 0 Å². The van der Waals surface area contributed by atoms with Gasteiger partial charge in [-0.15, -0.1) is 0 Å². The third-order valence-electron chi connectivity index (χ3n) is 7.92. The highest BCUT2D eigenvalue weighted by Gasteiger charge is 2.38. The number of carboxylic acids is 1. The van der Waals surface area contributed by atoms with Crippen LogP contribution in [0.2, 0.25) is 0 Å². The zero-order chi connectivity index (χ0) is 33.0. The summed E-state index contributed by atoms with van der Waals surface area (Å²) in [7, 11) is 1.49. The number of aromatic carboxylic acids is 1. The lowest BCUT2D eigenvalue weighted by Gasteiger charge is -2.39. The molecule has 46 heavy (non-hydrogen) atoms. The number of aromatic nitrogens is 3. The maximum Gasteiger partial charge on any atom is 0.416 e. The first kappa shape index (κ1) is 32.7. The largest absolute Gasteiger partial charge is 0.481 e. The molecule has 0 spiro atoms. The van der Waals surface area contributed by atoms with Crippen LogP contribution in [0.4, 0.5) is 35.3 Å². The van der Waals surface area contributed by atoms with Crippen LogP contribution in [-0.2, 0) is 22.1 Å². The van der Waals surface area contributed by atoms with Crippen LogP contribution in [0.5, 0.6) is 5.88 Å². The molecule has 0 bridgehead atoms. The van der Waals surface area contributed by atoms with Crippen LogP contribution in [0.1, 0.15) is 65.6 Å². The van der Waals surface area contributed by atoms with Crippen molar-refractivity contribution in [1.29, 1.82) is 0 Å². The Kier molecular flexibility index (Phi) is 9.79. The highest BCUT2D eigenvalue weighted by Crippen LogP contribution is 2.40. The smallest absolute Gasteiger partial charge is 0.416 e. The number of rotatable bonds is 9. The molecule has 5 rings (SSSR count). The van der Waals surface area contributed by atoms with E-state index in [1.807, 2.05) is 11.8 Å². The van der Waals surface area contributed by atoms with Crippen LogP contribution in [0.3, 0.4) is 0 Å². The minimum Gasteiger partial charge on any atom is -0.481 e. The number of nitrogens with one attached hydrogen (secondary N) is 1. The maximum atomic E-state index is 13.7. The van der Waals surface area contributed by atoms with E-state index in [0.717, 1.165) is 6.07 Å². The highest BCUT2D eigenvalue weighted by molar-refractivity contribution is 5.90. The number of carbonyl (C=O) groups excluding carboxylic acids is 1. The number of halogens is 3. The number of methoxy groups -OCH3 is 1. The quantitative estimate of drug-likeness (QED) is 0.313. The number of fused-ring (bicyclic) bond motifs is 1. The first-order valence-corrected chi connectivity index (χ1v) is 14.9. The number of hydrogen-bond donors (Lipinski definition) is 2. The molecular formula is C31H35F3N6O6. The first-order valence-electron chi connectivity index (χ1n) is 14.9. The van der Waals surface area contributed by atoms with Gasteiger partial charge >= 0.3 is 18.2 Å². The molecule has 246 valence electrons. The summed E-state index contributed by atoms with van der Waals surface area (Å²) in [6.07, 6.45) is -2.66. The lowest BCUT2D eigenvalue weighted by atomic mass is 9.93. The third-order valence-corrected chi connectivity index (χ3v) is 7.92. The molecule has 1 amide bonds. The number of morpholine rings is 1. The Morgan fingerprint density at radius 3 is 2.52 bits per heavy atom. The van der Waals surface area contributed by atoms with Gasteiger partial charge in [0.15, 0.2) is 0 Å². The zero-order valence-electron chi connectivity index (χ0n) is 25.6. The standard InChI is InChI=1S/C31H35F3N6O6/c1-4-21-16-23(27-24(6-7-26(38-27)44-3)40(21)30(43)46-5-2)37-29-35-17-25(39-8-10-45-11-9-39)22(36-29)14-18-12-19(28(41)42)15-20(13-18)31(32,33)34/h6-7,12-13,15,17,21,23H,4-5,8-11,14,16H2,1-3H3,(H,41,42)(H,35,36,37)/t21-,23+/m1/s1. The van der Waals surface area contributed by atoms with E-state index in [2.05, 4.69) is 15.3 Å². The molecule has 2 atom stereocenters. The topological polar surface area (TPSA) is 139 Å². The van der Waals surface area contributed by atoms with E-state index < -0.39 is 35.4 Å². The SMILES string of the molecule is CCOC(=O)N1c2ccc(OC)nc2[C@@H](Nc2ncc(N3CCOCC3)c(Cc3cc(C(=O)O)cc(C(F)(F)F)c3)n2)C[C@H]1CC. The molecule has 2 aliphatic rings. The van der Waals surface area contributed by atoms with Crippen molar-refractivity contribution in [3.63, 3.8) is 0 Å². The number of alkyl halides is 3. The van der Waals surface area contributed by atoms with Crippen molar-refractivity contribution in [1.82, 2.24) is 15.0 Å². The van der Waals surface area contributed by atoms with Gasteiger partial charge < -0.3 is 29.5 Å². The predicted octanol–water partition coefficient (Wildman–Crippen LogP) is 5.32. The average molecular weight is 645 g/mol. The second-order valence-electron chi connectivity index (χ2n) is 10.8. The van der Waals surface area contributed by atoms with E-state index in [0.29, 0.717) is 73.9 Å². The molecule has 12 nitrogen and oxygen atoms in total. The summed E-state index contributed by atoms with van der Waals surface area (Å²) < 4.78 is 57.3. The number of pyridine rings is 1. The van der Waals surface area contributed by atoms with Gasteiger partial charge in [0.2, 0.25) is 11.8 Å². The lowest BCUT2D eigenvalue weighted by Crippen LogP contribution is -2.46. The summed E-state index contributed by atoms with van der Waals surface area (Å²) in [5.74, 6) is -0.933. The van der Waals surface area contributed by atoms with Crippen LogP contribution in [0, 0.1) is 0 Å². The molecule has 2 aliphatic heterocycles. The number of amides is 1. The molecule has 15 heteroatoms. The van der Waals surface area contributed by atoms with Gasteiger partial charge in [-0.25, -0.2) is 24.5 Å². The Labute approximate surface area is 263 Å². The van der Waals surface area contributed by atoms with Crippen LogP contribution >= 0.6 is 0 Å². The predicted molar refractivity (Wildman–Crippen MR) is 162 cm³/mol. The van der Waals surface area contributed by atoms with Crippen LogP contribution < -0.4 is 19.9 Å². The van der Waals surface area contributed by atoms with Crippen molar-refractivity contribution in [3.05, 3.63) is 64.6 Å². The van der Waals surface area contributed by atoms with E-state index in [9.17, 15) is 27.9 Å². The van der Waals surface area contributed by atoms with Crippen molar-refractivity contribution in [2.24, 2.45) is 0 Å². The number of ether oxygens (including phenoxy) is 3. The molecule has 1 aromatic carbocycles. The second kappa shape index (κ2) is 13.8. The third kappa shape index (κ3) is 7.09. The summed E-state index contributed by atoms with van der Waals surface area (Å²) in [4.78, 5) is 42.2. The normalized spacial score (nSPS) is 18.1. The Balaban J connectivity index is 1.54. The molecule has 1 saturated heterocycles. The first-order chi connectivity index (χ1) is 22.0. The summed E-state index contributed by atoms with van der Waals surface area (Å²) in [5, 5.41) is 12.8. The van der Waals surface area contributed by atoms with E-state index in [4.69, 9.17) is 19.2 Å². The van der Waals surface area contributed by atoms with Crippen LogP contribution in [0.25, 0.3) is 0 Å². The number of nitrogens with zero attached hydrogens (tertiary/aromatic N) is 5. The van der Waals surface area contributed by atoms with Gasteiger partial charge in [-0.3, -0.25) is 4.90 Å². The summed E-state index contributed by atoms with van der Waals surface area (Å²) in [6.45, 7) is 5.85. The molecule has 0 radical (unpaired) electrons. The number of anilines is 3. The van der Waals surface area contributed by atoms with Gasteiger partial charge in [-0.1, -0.05) is 6.92 Å². The van der Waals surface area contributed by atoms with E-state index in [1.165, 1.54) is 13.2 Å². The highest BCUT2D eigenvalue weighted by atomic mass is 19.4. The van der Waals surface area contributed by atoms with Crippen molar-refractivity contribution in [2.45, 2.75) is 51.4 Å². The summed E-state index contributed by atoms with van der Waals surface area (Å²) in [5.41, 5.74) is 0.682. The minimum absolute atomic E-state index is 0.0877. The van der Waals surface area contributed by atoms with Gasteiger partial charge in [-0.05, 0) is 49.6 Å². The Morgan fingerprint density at radius 1 is 1.11 bits per heavy atom. The van der Waals surface area contributed by atoms with E-state index in [1.54, 1.807) is 30.2 Å². The molecule has 0 aliphatic carbocycles. The van der Waals surface area contributed by atoms with Gasteiger partial charge in [0.05, 0.1) is 73.1 Å². The van der Waals surface area contributed by atoms with Gasteiger partial charge in [0, 0.05) is 31.6 Å². The lowest BCUT2D eigenvalue weighted by molar-refractivity contribution is -0.137. The van der Waals surface area contributed by atoms with Gasteiger partial charge in [-0.2, -0.15) is 13.2 Å². The Morgan fingerprint density at radius 2 is 1.87 bits per heavy atom. The second-order valence-corrected chi connectivity index (χ2v) is 10.8. The van der Waals surface area contributed by atoms with Gasteiger partial charge in [0.25, 0.3) is 0 Å². The number of benzene rings is 1. The molecule has 3 aromatic rings. The Bertz CT molecular complexity index is 1580. The fraction of sp³-hybridized carbons (Fsp3) is 0.452. The zero-order valence-corrected chi connectivity index (χ0v) is 25.6. The monoisotopic (exact) mass is 644 g/mol. The Hall–Kier alpha value is -4.66. The molecule has 4 heterocycles. The van der Waals surface area contributed by atoms with Crippen molar-refractivity contribution < 1.29 is 42.1 Å². The summed E-state index contributed by atoms with van der Waals surface area (Å²) >= 11 is 0. The number of carboxylic acid groups (broad SMARTS) is 1.